The maximum Gasteiger partial charge on any atom is 0.164 e. The first-order valence-electron chi connectivity index (χ1n) is 6.77. The van der Waals surface area contributed by atoms with Crippen molar-refractivity contribution >= 4 is 23.3 Å². The summed E-state index contributed by atoms with van der Waals surface area (Å²) in [5.41, 5.74) is 0. The molecule has 0 unspecified atom stereocenters. The van der Waals surface area contributed by atoms with E-state index in [-0.39, 0.29) is 0 Å². The van der Waals surface area contributed by atoms with Crippen molar-refractivity contribution in [2.24, 2.45) is 0 Å². The van der Waals surface area contributed by atoms with E-state index in [1.54, 1.807) is 23.3 Å². The number of rotatable bonds is 3. The summed E-state index contributed by atoms with van der Waals surface area (Å²) in [4.78, 5) is 4.22. The fourth-order valence-corrected chi connectivity index (χ4v) is 3.48. The largest absolute Gasteiger partial charge is 0.255 e. The van der Waals surface area contributed by atoms with Gasteiger partial charge in [0.2, 0.25) is 0 Å². The Hall–Kier alpha value is -0.840. The average molecular weight is 292 g/mol. The van der Waals surface area contributed by atoms with E-state index >= 15 is 0 Å². The molecule has 102 valence electrons. The van der Waals surface area contributed by atoms with Gasteiger partial charge in [-0.2, -0.15) is 0 Å². The van der Waals surface area contributed by atoms with Crippen molar-refractivity contribution in [2.75, 3.05) is 0 Å². The van der Waals surface area contributed by atoms with Crippen LogP contribution in [-0.4, -0.2) is 11.0 Å². The molecule has 0 amide bonds. The molecule has 1 aromatic heterocycles. The third kappa shape index (κ3) is 6.23. The molecular weight excluding hydrogens is 272 g/mol. The zero-order valence-electron chi connectivity index (χ0n) is 11.0. The molecule has 0 spiro atoms. The summed E-state index contributed by atoms with van der Waals surface area (Å²) in [5, 5.41) is 2.02. The van der Waals surface area contributed by atoms with Crippen molar-refractivity contribution < 1.29 is 0 Å². The Morgan fingerprint density at radius 3 is 2.16 bits per heavy atom. The summed E-state index contributed by atoms with van der Waals surface area (Å²) in [5.74, 6) is 0. The molecule has 0 bridgehead atoms. The van der Waals surface area contributed by atoms with E-state index in [4.69, 9.17) is 0 Å². The SMILES string of the molecule is c1ccccc1.c1csc(SNC2CCCCC2)n1. The first-order valence-corrected chi connectivity index (χ1v) is 8.46. The van der Waals surface area contributed by atoms with Gasteiger partial charge in [0.25, 0.3) is 0 Å². The van der Waals surface area contributed by atoms with E-state index in [9.17, 15) is 0 Å². The zero-order valence-corrected chi connectivity index (χ0v) is 12.6. The molecule has 2 nitrogen and oxygen atoms in total. The van der Waals surface area contributed by atoms with Gasteiger partial charge in [-0.1, -0.05) is 55.7 Å². The minimum Gasteiger partial charge on any atom is -0.255 e. The molecule has 0 saturated heterocycles. The van der Waals surface area contributed by atoms with E-state index in [1.807, 2.05) is 48.0 Å². The Balaban J connectivity index is 0.000000186. The van der Waals surface area contributed by atoms with Gasteiger partial charge >= 0.3 is 0 Å². The second-order valence-corrected chi connectivity index (χ2v) is 6.49. The molecule has 1 aliphatic carbocycles. The molecular formula is C15H20N2S2. The minimum absolute atomic E-state index is 0.711. The molecule has 2 aromatic rings. The highest BCUT2D eigenvalue weighted by Gasteiger charge is 2.13. The highest BCUT2D eigenvalue weighted by molar-refractivity contribution is 7.99. The topological polar surface area (TPSA) is 24.9 Å². The highest BCUT2D eigenvalue weighted by atomic mass is 32.2. The molecule has 1 N–H and O–H groups in total. The number of hydrogen-bond donors (Lipinski definition) is 1. The van der Waals surface area contributed by atoms with Crippen LogP contribution in [0.3, 0.4) is 0 Å². The van der Waals surface area contributed by atoms with Crippen LogP contribution in [0.5, 0.6) is 0 Å². The van der Waals surface area contributed by atoms with Gasteiger partial charge in [0, 0.05) is 17.6 Å². The lowest BCUT2D eigenvalue weighted by atomic mass is 9.96. The predicted molar refractivity (Wildman–Crippen MR) is 84.4 cm³/mol. The first-order chi connectivity index (χ1) is 9.45. The molecule has 1 fully saturated rings. The fourth-order valence-electron chi connectivity index (χ4n) is 2.00. The Labute approximate surface area is 123 Å². The second-order valence-electron chi connectivity index (χ2n) is 4.51. The summed E-state index contributed by atoms with van der Waals surface area (Å²) in [7, 11) is 0. The van der Waals surface area contributed by atoms with Crippen LogP contribution in [0, 0.1) is 0 Å². The average Bonchev–Trinajstić information content (AvgIpc) is 3.02. The van der Waals surface area contributed by atoms with Crippen molar-refractivity contribution in [3.8, 4) is 0 Å². The van der Waals surface area contributed by atoms with Crippen LogP contribution in [0.4, 0.5) is 0 Å². The van der Waals surface area contributed by atoms with Gasteiger partial charge in [-0.25, -0.2) is 4.98 Å². The van der Waals surface area contributed by atoms with E-state index in [2.05, 4.69) is 9.71 Å². The van der Waals surface area contributed by atoms with Crippen molar-refractivity contribution in [3.63, 3.8) is 0 Å². The minimum atomic E-state index is 0.711. The van der Waals surface area contributed by atoms with Gasteiger partial charge in [-0.05, 0) is 24.8 Å². The van der Waals surface area contributed by atoms with E-state index < -0.39 is 0 Å². The third-order valence-electron chi connectivity index (χ3n) is 2.99. The van der Waals surface area contributed by atoms with Gasteiger partial charge < -0.3 is 0 Å². The standard InChI is InChI=1S/C9H14N2S2.C6H6/c1-2-4-8(5-3-1)11-13-9-10-6-7-12-9;1-2-4-6-5-3-1/h6-8,11H,1-5H2;1-6H. The van der Waals surface area contributed by atoms with Gasteiger partial charge in [0.1, 0.15) is 0 Å². The molecule has 0 atom stereocenters. The summed E-state index contributed by atoms with van der Waals surface area (Å²) in [6.45, 7) is 0. The lowest BCUT2D eigenvalue weighted by molar-refractivity contribution is 0.423. The molecule has 1 aliphatic rings. The van der Waals surface area contributed by atoms with Crippen molar-refractivity contribution in [1.29, 1.82) is 0 Å². The van der Waals surface area contributed by atoms with Crippen LogP contribution in [0.15, 0.2) is 52.3 Å². The van der Waals surface area contributed by atoms with Crippen LogP contribution in [0.2, 0.25) is 0 Å². The molecule has 1 heterocycles. The van der Waals surface area contributed by atoms with Crippen LogP contribution >= 0.6 is 23.3 Å². The maximum atomic E-state index is 4.22. The molecule has 19 heavy (non-hydrogen) atoms. The number of aromatic nitrogens is 1. The fraction of sp³-hybridized carbons (Fsp3) is 0.400. The normalized spacial score (nSPS) is 15.6. The van der Waals surface area contributed by atoms with Crippen molar-refractivity contribution in [2.45, 2.75) is 42.5 Å². The Morgan fingerprint density at radius 1 is 1.00 bits per heavy atom. The van der Waals surface area contributed by atoms with Crippen molar-refractivity contribution in [3.05, 3.63) is 48.0 Å². The van der Waals surface area contributed by atoms with E-state index in [0.29, 0.717) is 6.04 Å². The number of hydrogen-bond acceptors (Lipinski definition) is 4. The van der Waals surface area contributed by atoms with Crippen LogP contribution < -0.4 is 4.72 Å². The molecule has 3 rings (SSSR count). The monoisotopic (exact) mass is 292 g/mol. The molecule has 1 saturated carbocycles. The highest BCUT2D eigenvalue weighted by Crippen LogP contribution is 2.23. The van der Waals surface area contributed by atoms with Crippen molar-refractivity contribution in [1.82, 2.24) is 9.71 Å². The third-order valence-corrected chi connectivity index (χ3v) is 4.83. The predicted octanol–water partition coefficient (Wildman–Crippen LogP) is 4.76. The lowest BCUT2D eigenvalue weighted by Crippen LogP contribution is -2.25. The maximum absolute atomic E-state index is 4.22. The van der Waals surface area contributed by atoms with E-state index in [0.717, 1.165) is 4.34 Å². The molecule has 0 radical (unpaired) electrons. The molecule has 1 aromatic carbocycles. The summed E-state index contributed by atoms with van der Waals surface area (Å²) in [6.07, 6.45) is 8.71. The lowest BCUT2D eigenvalue weighted by Gasteiger charge is -2.21. The van der Waals surface area contributed by atoms with Crippen LogP contribution in [0.25, 0.3) is 0 Å². The Morgan fingerprint density at radius 2 is 1.63 bits per heavy atom. The van der Waals surface area contributed by atoms with Gasteiger partial charge in [-0.3, -0.25) is 4.72 Å². The second kappa shape index (κ2) is 9.13. The summed E-state index contributed by atoms with van der Waals surface area (Å²) < 4.78 is 4.62. The Kier molecular flexibility index (Phi) is 7.00. The number of thiazole rings is 1. The van der Waals surface area contributed by atoms with Gasteiger partial charge in [-0.15, -0.1) is 11.3 Å². The summed E-state index contributed by atoms with van der Waals surface area (Å²) in [6, 6.07) is 12.7. The smallest absolute Gasteiger partial charge is 0.164 e. The molecule has 4 heteroatoms. The number of benzene rings is 1. The Bertz CT molecular complexity index is 384. The first kappa shape index (κ1) is 14.6. The quantitative estimate of drug-likeness (QED) is 0.826. The number of nitrogens with zero attached hydrogens (tertiary/aromatic N) is 1. The zero-order chi connectivity index (χ0) is 13.2. The van der Waals surface area contributed by atoms with Gasteiger partial charge in [0.05, 0.1) is 0 Å². The number of nitrogens with one attached hydrogen (secondary N) is 1. The summed E-state index contributed by atoms with van der Waals surface area (Å²) >= 11 is 3.39. The van der Waals surface area contributed by atoms with E-state index in [1.165, 1.54) is 32.1 Å². The van der Waals surface area contributed by atoms with Crippen LogP contribution in [0.1, 0.15) is 32.1 Å². The van der Waals surface area contributed by atoms with Crippen LogP contribution in [-0.2, 0) is 0 Å². The molecule has 0 aliphatic heterocycles. The van der Waals surface area contributed by atoms with Gasteiger partial charge in [0.15, 0.2) is 4.34 Å².